The molecule has 2 aromatic carbocycles. The van der Waals surface area contributed by atoms with E-state index in [0.29, 0.717) is 23.6 Å². The Morgan fingerprint density at radius 2 is 1.86 bits per heavy atom. The van der Waals surface area contributed by atoms with Gasteiger partial charge < -0.3 is 19.3 Å². The fraction of sp³-hybridized carbons (Fsp3) is 0.393. The molecule has 4 aromatic rings. The first-order chi connectivity index (χ1) is 17.2. The van der Waals surface area contributed by atoms with Crippen molar-refractivity contribution in [3.05, 3.63) is 72.2 Å². The first-order valence-corrected chi connectivity index (χ1v) is 12.7. The number of amides is 2. The molecule has 0 radical (unpaired) electrons. The zero-order valence-electron chi connectivity index (χ0n) is 19.8. The highest BCUT2D eigenvalue weighted by Crippen LogP contribution is 2.45. The highest BCUT2D eigenvalue weighted by atomic mass is 16.5. The number of urea groups is 1. The Bertz CT molecular complexity index is 1390. The van der Waals surface area contributed by atoms with E-state index in [0.717, 1.165) is 48.7 Å². The summed E-state index contributed by atoms with van der Waals surface area (Å²) in [5.41, 5.74) is 3.43. The third-order valence-corrected chi connectivity index (χ3v) is 8.26. The molecular weight excluding hydrogens is 438 g/mol. The van der Waals surface area contributed by atoms with E-state index in [2.05, 4.69) is 57.6 Å². The summed E-state index contributed by atoms with van der Waals surface area (Å²) in [5.74, 6) is 2.28. The Morgan fingerprint density at radius 3 is 2.71 bits per heavy atom. The molecule has 0 spiro atoms. The molecule has 2 saturated carbocycles. The molecule has 2 aliphatic carbocycles. The van der Waals surface area contributed by atoms with Gasteiger partial charge in [0.1, 0.15) is 0 Å². The number of benzene rings is 2. The smallest absolute Gasteiger partial charge is 0.317 e. The van der Waals surface area contributed by atoms with Crippen molar-refractivity contribution in [3.8, 4) is 11.4 Å². The summed E-state index contributed by atoms with van der Waals surface area (Å²) < 4.78 is 7.93. The number of fused-ring (bicyclic) bond motifs is 4. The molecule has 2 saturated heterocycles. The average molecular weight is 468 g/mol. The van der Waals surface area contributed by atoms with Gasteiger partial charge in [-0.25, -0.2) is 4.79 Å². The number of hydrogen-bond donors (Lipinski definition) is 1. The van der Waals surface area contributed by atoms with Crippen molar-refractivity contribution in [1.82, 2.24) is 24.9 Å². The maximum atomic E-state index is 13.3. The summed E-state index contributed by atoms with van der Waals surface area (Å²) in [4.78, 5) is 20.2. The van der Waals surface area contributed by atoms with Crippen molar-refractivity contribution in [2.75, 3.05) is 6.54 Å². The number of hydrogen-bond acceptors (Lipinski definition) is 4. The van der Waals surface area contributed by atoms with Crippen molar-refractivity contribution in [3.63, 3.8) is 0 Å². The summed E-state index contributed by atoms with van der Waals surface area (Å²) in [6.07, 6.45) is 6.22. The minimum absolute atomic E-state index is 0.0571. The maximum absolute atomic E-state index is 13.3. The molecule has 1 N–H and O–H groups in total. The predicted octanol–water partition coefficient (Wildman–Crippen LogP) is 5.06. The van der Waals surface area contributed by atoms with Gasteiger partial charge >= 0.3 is 6.03 Å². The van der Waals surface area contributed by atoms with Crippen LogP contribution in [0.1, 0.15) is 49.0 Å². The molecule has 4 fully saturated rings. The number of nitrogens with one attached hydrogen (secondary N) is 1. The SMILES string of the molecule is Cn1cc(-c2noc(C3CC4CCC3N(C(=O)NC3CC3c3ccccc3)C4)n2)c2ccccc21. The lowest BCUT2D eigenvalue weighted by atomic mass is 9.72. The van der Waals surface area contributed by atoms with Gasteiger partial charge in [0.05, 0.1) is 5.92 Å². The fourth-order valence-corrected chi connectivity index (χ4v) is 6.37. The molecule has 35 heavy (non-hydrogen) atoms. The number of piperidine rings is 2. The highest BCUT2D eigenvalue weighted by molar-refractivity contribution is 5.94. The van der Waals surface area contributed by atoms with Crippen LogP contribution < -0.4 is 5.32 Å². The molecule has 7 nitrogen and oxygen atoms in total. The third kappa shape index (κ3) is 3.52. The van der Waals surface area contributed by atoms with E-state index in [1.54, 1.807) is 0 Å². The van der Waals surface area contributed by atoms with E-state index in [-0.39, 0.29) is 24.0 Å². The topological polar surface area (TPSA) is 76.2 Å². The molecule has 5 atom stereocenters. The first kappa shape index (κ1) is 20.7. The van der Waals surface area contributed by atoms with E-state index in [9.17, 15) is 4.79 Å². The number of nitrogens with zero attached hydrogens (tertiary/aromatic N) is 4. The average Bonchev–Trinajstić information content (AvgIpc) is 3.34. The number of aromatic nitrogens is 3. The van der Waals surface area contributed by atoms with Crippen LogP contribution in [0.2, 0.25) is 0 Å². The molecule has 4 aliphatic rings. The van der Waals surface area contributed by atoms with Crippen molar-refractivity contribution in [2.24, 2.45) is 13.0 Å². The van der Waals surface area contributed by atoms with Crippen LogP contribution in [0.4, 0.5) is 4.79 Å². The largest absolute Gasteiger partial charge is 0.350 e. The second kappa shape index (κ2) is 7.97. The molecule has 8 rings (SSSR count). The predicted molar refractivity (Wildman–Crippen MR) is 133 cm³/mol. The van der Waals surface area contributed by atoms with Gasteiger partial charge in [0.15, 0.2) is 0 Å². The normalized spacial score (nSPS) is 27.3. The quantitative estimate of drug-likeness (QED) is 0.455. The lowest BCUT2D eigenvalue weighted by Crippen LogP contribution is -2.57. The van der Waals surface area contributed by atoms with Crippen LogP contribution in [0.15, 0.2) is 65.3 Å². The number of para-hydroxylation sites is 1. The van der Waals surface area contributed by atoms with Crippen LogP contribution in [-0.2, 0) is 7.05 Å². The Morgan fingerprint density at radius 1 is 1.03 bits per heavy atom. The van der Waals surface area contributed by atoms with E-state index >= 15 is 0 Å². The van der Waals surface area contributed by atoms with Crippen LogP contribution in [0.25, 0.3) is 22.3 Å². The van der Waals surface area contributed by atoms with Crippen molar-refractivity contribution >= 4 is 16.9 Å². The standard InChI is InChI=1S/C28H29N5O2/c1-32-16-22(19-9-5-6-10-24(19)32)26-30-27(35-31-26)21-13-17-11-12-25(21)33(15-17)28(34)29-23-14-20(23)18-7-3-2-4-8-18/h2-10,16-17,20-21,23,25H,11-15H2,1H3,(H,29,34). The van der Waals surface area contributed by atoms with E-state index in [4.69, 9.17) is 9.51 Å². The van der Waals surface area contributed by atoms with Gasteiger partial charge in [-0.15, -0.1) is 0 Å². The minimum atomic E-state index is 0.0571. The molecule has 4 heterocycles. The fourth-order valence-electron chi connectivity index (χ4n) is 6.37. The summed E-state index contributed by atoms with van der Waals surface area (Å²) in [6, 6.07) is 19.1. The van der Waals surface area contributed by atoms with Crippen LogP contribution in [-0.4, -0.2) is 44.3 Å². The van der Waals surface area contributed by atoms with Gasteiger partial charge in [-0.05, 0) is 43.2 Å². The van der Waals surface area contributed by atoms with Gasteiger partial charge in [-0.1, -0.05) is 53.7 Å². The summed E-state index contributed by atoms with van der Waals surface area (Å²) in [7, 11) is 2.03. The van der Waals surface area contributed by atoms with E-state index in [1.165, 1.54) is 5.56 Å². The Balaban J connectivity index is 1.10. The maximum Gasteiger partial charge on any atom is 0.317 e. The Hall–Kier alpha value is -3.61. The van der Waals surface area contributed by atoms with Crippen molar-refractivity contribution < 1.29 is 9.32 Å². The molecule has 2 aromatic heterocycles. The lowest BCUT2D eigenvalue weighted by Gasteiger charge is -2.48. The van der Waals surface area contributed by atoms with Gasteiger partial charge in [-0.2, -0.15) is 4.98 Å². The number of carbonyl (C=O) groups is 1. The van der Waals surface area contributed by atoms with E-state index in [1.807, 2.05) is 30.1 Å². The monoisotopic (exact) mass is 467 g/mol. The second-order valence-corrected chi connectivity index (χ2v) is 10.4. The molecular formula is C28H29N5O2. The molecule has 5 unspecified atom stereocenters. The lowest BCUT2D eigenvalue weighted by molar-refractivity contribution is 0.0463. The van der Waals surface area contributed by atoms with Gasteiger partial charge in [0.25, 0.3) is 0 Å². The van der Waals surface area contributed by atoms with Gasteiger partial charge in [0, 0.05) is 54.3 Å². The molecule has 2 bridgehead atoms. The second-order valence-electron chi connectivity index (χ2n) is 10.4. The van der Waals surface area contributed by atoms with Gasteiger partial charge in [-0.3, -0.25) is 0 Å². The summed E-state index contributed by atoms with van der Waals surface area (Å²) in [5, 5.41) is 8.78. The summed E-state index contributed by atoms with van der Waals surface area (Å²) in [6.45, 7) is 0.819. The summed E-state index contributed by atoms with van der Waals surface area (Å²) >= 11 is 0. The van der Waals surface area contributed by atoms with Crippen LogP contribution in [0, 0.1) is 5.92 Å². The van der Waals surface area contributed by atoms with Crippen molar-refractivity contribution in [2.45, 2.75) is 49.6 Å². The molecule has 7 heteroatoms. The Kier molecular flexibility index (Phi) is 4.72. The zero-order valence-corrected chi connectivity index (χ0v) is 19.8. The van der Waals surface area contributed by atoms with Crippen molar-refractivity contribution in [1.29, 1.82) is 0 Å². The van der Waals surface area contributed by atoms with Crippen LogP contribution in [0.5, 0.6) is 0 Å². The Labute approximate surface area is 204 Å². The number of carbonyl (C=O) groups excluding carboxylic acids is 1. The van der Waals surface area contributed by atoms with Gasteiger partial charge in [0.2, 0.25) is 11.7 Å². The molecule has 2 aliphatic heterocycles. The first-order valence-electron chi connectivity index (χ1n) is 12.7. The highest BCUT2D eigenvalue weighted by Gasteiger charge is 2.47. The van der Waals surface area contributed by atoms with E-state index < -0.39 is 0 Å². The molecule has 2 amide bonds. The number of aryl methyl sites for hydroxylation is 1. The van der Waals surface area contributed by atoms with Crippen LogP contribution in [0.3, 0.4) is 0 Å². The molecule has 178 valence electrons. The minimum Gasteiger partial charge on any atom is -0.350 e. The third-order valence-electron chi connectivity index (χ3n) is 8.26. The number of rotatable bonds is 4. The zero-order chi connectivity index (χ0) is 23.5. The van der Waals surface area contributed by atoms with Crippen LogP contribution >= 0.6 is 0 Å².